The Morgan fingerprint density at radius 3 is 2.65 bits per heavy atom. The number of carbonyl (C=O) groups is 2. The first-order chi connectivity index (χ1) is 15.0. The lowest BCUT2D eigenvalue weighted by Crippen LogP contribution is -2.28. The number of benzene rings is 2. The molecule has 4 rings (SSSR count). The molecule has 0 saturated heterocycles. The van der Waals surface area contributed by atoms with E-state index in [9.17, 15) is 9.59 Å². The molecule has 0 saturated carbocycles. The average molecular weight is 415 g/mol. The van der Waals surface area contributed by atoms with Crippen LogP contribution >= 0.6 is 0 Å². The molecule has 9 heteroatoms. The Kier molecular flexibility index (Phi) is 5.48. The van der Waals surface area contributed by atoms with E-state index in [-0.39, 0.29) is 17.8 Å². The number of rotatable bonds is 5. The van der Waals surface area contributed by atoms with E-state index >= 15 is 0 Å². The van der Waals surface area contributed by atoms with Crippen LogP contribution in [0.3, 0.4) is 0 Å². The van der Waals surface area contributed by atoms with Gasteiger partial charge in [-0.05, 0) is 42.8 Å². The van der Waals surface area contributed by atoms with Gasteiger partial charge in [0, 0.05) is 24.1 Å². The summed E-state index contributed by atoms with van der Waals surface area (Å²) in [6.07, 6.45) is 2.98. The highest BCUT2D eigenvalue weighted by Gasteiger charge is 2.15. The molecule has 2 heterocycles. The number of aryl methyl sites for hydroxylation is 1. The lowest BCUT2D eigenvalue weighted by Gasteiger charge is -2.10. The zero-order valence-corrected chi connectivity index (χ0v) is 16.8. The molecule has 156 valence electrons. The molecule has 0 aliphatic carbocycles. The van der Waals surface area contributed by atoms with Gasteiger partial charge in [-0.25, -0.2) is 14.3 Å². The molecule has 0 aliphatic heterocycles. The van der Waals surface area contributed by atoms with Gasteiger partial charge in [0.25, 0.3) is 5.91 Å². The minimum absolute atomic E-state index is 0.225. The van der Waals surface area contributed by atoms with Crippen molar-refractivity contribution in [2.75, 3.05) is 16.4 Å². The Labute approximate surface area is 178 Å². The molecule has 5 N–H and O–H groups in total. The van der Waals surface area contributed by atoms with Crippen LogP contribution in [0.1, 0.15) is 21.5 Å². The average Bonchev–Trinajstić information content (AvgIpc) is 3.20. The first-order valence-electron chi connectivity index (χ1n) is 9.59. The van der Waals surface area contributed by atoms with Crippen LogP contribution < -0.4 is 21.7 Å². The maximum absolute atomic E-state index is 12.7. The number of fused-ring (bicyclic) bond motifs is 1. The third-order valence-corrected chi connectivity index (χ3v) is 4.67. The summed E-state index contributed by atoms with van der Waals surface area (Å²) in [5, 5.41) is 12.5. The second kappa shape index (κ2) is 8.54. The largest absolute Gasteiger partial charge is 0.382 e. The quantitative estimate of drug-likeness (QED) is 0.398. The van der Waals surface area contributed by atoms with Crippen molar-refractivity contribution in [1.82, 2.24) is 19.9 Å². The maximum Gasteiger partial charge on any atom is 0.319 e. The second-order valence-electron chi connectivity index (χ2n) is 7.00. The van der Waals surface area contributed by atoms with Gasteiger partial charge in [-0.2, -0.15) is 5.10 Å². The number of nitrogens with two attached hydrogens (primary N) is 1. The molecule has 0 bridgehead atoms. The Balaban J connectivity index is 1.39. The lowest BCUT2D eigenvalue weighted by molar-refractivity contribution is 0.102. The van der Waals surface area contributed by atoms with Gasteiger partial charge in [0.05, 0.1) is 5.56 Å². The van der Waals surface area contributed by atoms with Crippen molar-refractivity contribution in [2.24, 2.45) is 0 Å². The Morgan fingerprint density at radius 1 is 1.03 bits per heavy atom. The summed E-state index contributed by atoms with van der Waals surface area (Å²) in [5.41, 5.74) is 9.98. The summed E-state index contributed by atoms with van der Waals surface area (Å²) in [7, 11) is 0. The molecule has 0 spiro atoms. The number of anilines is 3. The van der Waals surface area contributed by atoms with Crippen LogP contribution in [0.15, 0.2) is 67.1 Å². The fourth-order valence-corrected chi connectivity index (χ4v) is 3.11. The molecule has 0 radical (unpaired) electrons. The number of aromatic nitrogens is 3. The molecular formula is C22H21N7O2. The van der Waals surface area contributed by atoms with Crippen LogP contribution in [-0.2, 0) is 6.54 Å². The minimum Gasteiger partial charge on any atom is -0.382 e. The molecule has 0 fully saturated rings. The number of carbonyl (C=O) groups excluding carboxylic acids is 2. The third kappa shape index (κ3) is 4.61. The first kappa shape index (κ1) is 19.9. The highest BCUT2D eigenvalue weighted by atomic mass is 16.2. The number of amides is 3. The van der Waals surface area contributed by atoms with E-state index in [0.717, 1.165) is 11.1 Å². The molecule has 0 unspecified atom stereocenters. The van der Waals surface area contributed by atoms with Crippen molar-refractivity contribution in [3.63, 3.8) is 0 Å². The fourth-order valence-electron chi connectivity index (χ4n) is 3.11. The number of hydrogen-bond donors (Lipinski definition) is 4. The molecule has 0 aliphatic rings. The second-order valence-corrected chi connectivity index (χ2v) is 7.00. The highest BCUT2D eigenvalue weighted by Crippen LogP contribution is 2.19. The molecule has 2 aromatic heterocycles. The molecule has 31 heavy (non-hydrogen) atoms. The van der Waals surface area contributed by atoms with Crippen LogP contribution in [0.4, 0.5) is 22.0 Å². The van der Waals surface area contributed by atoms with Crippen LogP contribution in [0, 0.1) is 6.92 Å². The minimum atomic E-state index is -0.328. The zero-order chi connectivity index (χ0) is 21.8. The standard InChI is InChI=1S/C22H21N7O2/c1-14-5-7-16(8-6-14)28-22(31)24-12-15-3-2-4-17(11-15)27-21(30)18-9-10-29-19(18)20(23)25-13-26-29/h2-11,13H,12H2,1H3,(H,27,30)(H2,23,25,26)(H2,24,28,31). The summed E-state index contributed by atoms with van der Waals surface area (Å²) in [4.78, 5) is 28.8. The summed E-state index contributed by atoms with van der Waals surface area (Å²) >= 11 is 0. The van der Waals surface area contributed by atoms with E-state index in [4.69, 9.17) is 5.73 Å². The van der Waals surface area contributed by atoms with Crippen LogP contribution in [-0.4, -0.2) is 26.5 Å². The first-order valence-corrected chi connectivity index (χ1v) is 9.59. The number of nitrogens with zero attached hydrogens (tertiary/aromatic N) is 3. The highest BCUT2D eigenvalue weighted by molar-refractivity contribution is 6.10. The van der Waals surface area contributed by atoms with E-state index in [1.54, 1.807) is 30.5 Å². The van der Waals surface area contributed by atoms with Gasteiger partial charge in [0.15, 0.2) is 5.82 Å². The van der Waals surface area contributed by atoms with E-state index in [1.807, 2.05) is 37.3 Å². The Morgan fingerprint density at radius 2 is 1.84 bits per heavy atom. The summed E-state index contributed by atoms with van der Waals surface area (Å²) in [6.45, 7) is 2.29. The maximum atomic E-state index is 12.7. The van der Waals surface area contributed by atoms with Crippen molar-refractivity contribution >= 4 is 34.6 Å². The predicted molar refractivity (Wildman–Crippen MR) is 119 cm³/mol. The van der Waals surface area contributed by atoms with E-state index in [0.29, 0.717) is 29.0 Å². The van der Waals surface area contributed by atoms with Gasteiger partial charge < -0.3 is 21.7 Å². The van der Waals surface area contributed by atoms with Crippen LogP contribution in [0.2, 0.25) is 0 Å². The SMILES string of the molecule is Cc1ccc(NC(=O)NCc2cccc(NC(=O)c3ccn4ncnc(N)c34)c2)cc1. The fraction of sp³-hybridized carbons (Fsp3) is 0.0909. The van der Waals surface area contributed by atoms with E-state index in [2.05, 4.69) is 26.0 Å². The van der Waals surface area contributed by atoms with E-state index in [1.165, 1.54) is 10.8 Å². The monoisotopic (exact) mass is 415 g/mol. The molecule has 3 amide bonds. The van der Waals surface area contributed by atoms with Gasteiger partial charge in [0.1, 0.15) is 11.8 Å². The summed E-state index contributed by atoms with van der Waals surface area (Å²) < 4.78 is 1.50. The van der Waals surface area contributed by atoms with Crippen molar-refractivity contribution in [3.8, 4) is 0 Å². The number of hydrogen-bond acceptors (Lipinski definition) is 5. The van der Waals surface area contributed by atoms with Crippen LogP contribution in [0.5, 0.6) is 0 Å². The molecule has 9 nitrogen and oxygen atoms in total. The van der Waals surface area contributed by atoms with Crippen molar-refractivity contribution in [3.05, 3.63) is 83.8 Å². The van der Waals surface area contributed by atoms with E-state index < -0.39 is 0 Å². The van der Waals surface area contributed by atoms with Gasteiger partial charge in [-0.1, -0.05) is 29.8 Å². The van der Waals surface area contributed by atoms with Gasteiger partial charge in [-0.15, -0.1) is 0 Å². The van der Waals surface area contributed by atoms with Crippen molar-refractivity contribution in [1.29, 1.82) is 0 Å². The molecular weight excluding hydrogens is 394 g/mol. The van der Waals surface area contributed by atoms with Gasteiger partial charge >= 0.3 is 6.03 Å². The number of urea groups is 1. The van der Waals surface area contributed by atoms with Gasteiger partial charge in [0.2, 0.25) is 0 Å². The molecule has 4 aromatic rings. The topological polar surface area (TPSA) is 126 Å². The Bertz CT molecular complexity index is 1250. The smallest absolute Gasteiger partial charge is 0.319 e. The number of nitrogen functional groups attached to an aromatic ring is 1. The van der Waals surface area contributed by atoms with Crippen molar-refractivity contribution in [2.45, 2.75) is 13.5 Å². The molecule has 2 aromatic carbocycles. The van der Waals surface area contributed by atoms with Crippen LogP contribution in [0.25, 0.3) is 5.52 Å². The summed E-state index contributed by atoms with van der Waals surface area (Å²) in [6, 6.07) is 16.1. The molecule has 0 atom stereocenters. The predicted octanol–water partition coefficient (Wildman–Crippen LogP) is 3.19. The number of nitrogens with one attached hydrogen (secondary N) is 3. The van der Waals surface area contributed by atoms with Crippen molar-refractivity contribution < 1.29 is 9.59 Å². The normalized spacial score (nSPS) is 10.6. The Hall–Kier alpha value is -4.40. The summed E-state index contributed by atoms with van der Waals surface area (Å²) in [5.74, 6) is -0.103. The zero-order valence-electron chi connectivity index (χ0n) is 16.8. The third-order valence-electron chi connectivity index (χ3n) is 4.67. The lowest BCUT2D eigenvalue weighted by atomic mass is 10.2. The van der Waals surface area contributed by atoms with Gasteiger partial charge in [-0.3, -0.25) is 4.79 Å².